The maximum Gasteiger partial charge on any atom is 0.325 e. The molecule has 1 saturated carbocycles. The molecule has 136 valence electrons. The molecule has 8 heteroatoms. The first-order valence-corrected chi connectivity index (χ1v) is 8.89. The minimum Gasteiger partial charge on any atom is -0.454 e. The summed E-state index contributed by atoms with van der Waals surface area (Å²) >= 11 is 11.7. The molecule has 0 heterocycles. The van der Waals surface area contributed by atoms with Gasteiger partial charge in [0.25, 0.3) is 5.91 Å². The second-order valence-corrected chi connectivity index (χ2v) is 6.79. The molecule has 25 heavy (non-hydrogen) atoms. The Hall–Kier alpha value is -1.79. The van der Waals surface area contributed by atoms with Crippen molar-refractivity contribution < 1.29 is 19.1 Å². The van der Waals surface area contributed by atoms with E-state index in [9.17, 15) is 14.4 Å². The van der Waals surface area contributed by atoms with Crippen LogP contribution >= 0.6 is 23.2 Å². The fourth-order valence-corrected chi connectivity index (χ4v) is 3.21. The standard InChI is InChI=1S/C17H20Cl2N2O4/c18-12-6-13(19)8-14(7-12)21-15(22)10-25-16(23)9-20-17(24)11-4-2-1-3-5-11/h6-8,11H,1-5,9-10H2,(H,20,24)(H,21,22). The highest BCUT2D eigenvalue weighted by molar-refractivity contribution is 6.35. The normalized spacial score (nSPS) is 14.6. The van der Waals surface area contributed by atoms with Gasteiger partial charge in [-0.25, -0.2) is 0 Å². The Balaban J connectivity index is 1.68. The molecule has 0 aromatic heterocycles. The summed E-state index contributed by atoms with van der Waals surface area (Å²) in [7, 11) is 0. The lowest BCUT2D eigenvalue weighted by molar-refractivity contribution is -0.147. The number of nitrogens with one attached hydrogen (secondary N) is 2. The van der Waals surface area contributed by atoms with Crippen molar-refractivity contribution in [1.29, 1.82) is 0 Å². The van der Waals surface area contributed by atoms with Gasteiger partial charge in [0.1, 0.15) is 6.54 Å². The number of benzene rings is 1. The zero-order chi connectivity index (χ0) is 18.2. The first-order chi connectivity index (χ1) is 11.9. The number of esters is 1. The maximum atomic E-state index is 11.9. The number of carbonyl (C=O) groups excluding carboxylic acids is 3. The van der Waals surface area contributed by atoms with E-state index in [0.29, 0.717) is 15.7 Å². The van der Waals surface area contributed by atoms with Gasteiger partial charge in [0.05, 0.1) is 0 Å². The van der Waals surface area contributed by atoms with Crippen molar-refractivity contribution in [3.8, 4) is 0 Å². The number of ether oxygens (including phenoxy) is 1. The van der Waals surface area contributed by atoms with E-state index in [4.69, 9.17) is 27.9 Å². The Morgan fingerprint density at radius 3 is 2.32 bits per heavy atom. The Kier molecular flexibility index (Phi) is 7.52. The van der Waals surface area contributed by atoms with Crippen molar-refractivity contribution in [3.63, 3.8) is 0 Å². The molecule has 0 bridgehead atoms. The SMILES string of the molecule is O=C(COC(=O)CNC(=O)C1CCCCC1)Nc1cc(Cl)cc(Cl)c1. The predicted molar refractivity (Wildman–Crippen MR) is 95.6 cm³/mol. The lowest BCUT2D eigenvalue weighted by Gasteiger charge is -2.20. The van der Waals surface area contributed by atoms with Gasteiger partial charge in [0.15, 0.2) is 6.61 Å². The Bertz CT molecular complexity index is 625. The van der Waals surface area contributed by atoms with Crippen LogP contribution in [0.5, 0.6) is 0 Å². The van der Waals surface area contributed by atoms with Gasteiger partial charge in [0.2, 0.25) is 5.91 Å². The molecule has 2 rings (SSSR count). The van der Waals surface area contributed by atoms with Gasteiger partial charge < -0.3 is 15.4 Å². The Labute approximate surface area is 156 Å². The lowest BCUT2D eigenvalue weighted by atomic mass is 9.89. The molecule has 1 aromatic carbocycles. The van der Waals surface area contributed by atoms with Crippen LogP contribution in [0, 0.1) is 5.92 Å². The van der Waals surface area contributed by atoms with Gasteiger partial charge in [-0.2, -0.15) is 0 Å². The summed E-state index contributed by atoms with van der Waals surface area (Å²) in [5, 5.41) is 5.84. The number of carbonyl (C=O) groups is 3. The minimum absolute atomic E-state index is 0.0302. The highest BCUT2D eigenvalue weighted by Crippen LogP contribution is 2.23. The topological polar surface area (TPSA) is 84.5 Å². The van der Waals surface area contributed by atoms with Crippen molar-refractivity contribution in [2.45, 2.75) is 32.1 Å². The summed E-state index contributed by atoms with van der Waals surface area (Å²) in [5.41, 5.74) is 0.407. The van der Waals surface area contributed by atoms with Crippen molar-refractivity contribution in [3.05, 3.63) is 28.2 Å². The first kappa shape index (κ1) is 19.5. The fourth-order valence-electron chi connectivity index (χ4n) is 2.69. The van der Waals surface area contributed by atoms with Crippen LogP contribution in [-0.2, 0) is 19.1 Å². The van der Waals surface area contributed by atoms with Gasteiger partial charge in [-0.3, -0.25) is 14.4 Å². The number of amides is 2. The molecule has 1 aliphatic carbocycles. The van der Waals surface area contributed by atoms with Crippen LogP contribution in [0.25, 0.3) is 0 Å². The third-order valence-electron chi connectivity index (χ3n) is 3.89. The average Bonchev–Trinajstić information content (AvgIpc) is 2.57. The van der Waals surface area contributed by atoms with Crippen molar-refractivity contribution in [2.24, 2.45) is 5.92 Å². The molecule has 0 saturated heterocycles. The highest BCUT2D eigenvalue weighted by Gasteiger charge is 2.21. The van der Waals surface area contributed by atoms with Crippen LogP contribution in [0.1, 0.15) is 32.1 Å². The van der Waals surface area contributed by atoms with Gasteiger partial charge in [-0.1, -0.05) is 42.5 Å². The van der Waals surface area contributed by atoms with Crippen LogP contribution in [0.2, 0.25) is 10.0 Å². The Morgan fingerprint density at radius 2 is 1.68 bits per heavy atom. The smallest absolute Gasteiger partial charge is 0.325 e. The second-order valence-electron chi connectivity index (χ2n) is 5.92. The molecule has 1 fully saturated rings. The zero-order valence-electron chi connectivity index (χ0n) is 13.6. The van der Waals surface area contributed by atoms with Gasteiger partial charge in [-0.05, 0) is 31.0 Å². The third kappa shape index (κ3) is 6.92. The summed E-state index contributed by atoms with van der Waals surface area (Å²) in [6.45, 7) is -0.701. The van der Waals surface area contributed by atoms with E-state index in [-0.39, 0.29) is 18.4 Å². The number of hydrogen-bond acceptors (Lipinski definition) is 4. The van der Waals surface area contributed by atoms with Gasteiger partial charge >= 0.3 is 5.97 Å². The van der Waals surface area contributed by atoms with E-state index < -0.39 is 18.5 Å². The monoisotopic (exact) mass is 386 g/mol. The molecule has 0 unspecified atom stereocenters. The molecule has 2 N–H and O–H groups in total. The maximum absolute atomic E-state index is 11.9. The van der Waals surface area contributed by atoms with Crippen molar-refractivity contribution >= 4 is 46.7 Å². The Morgan fingerprint density at radius 1 is 1.04 bits per heavy atom. The van der Waals surface area contributed by atoms with E-state index >= 15 is 0 Å². The number of halogens is 2. The van der Waals surface area contributed by atoms with Gasteiger partial charge in [0, 0.05) is 21.7 Å². The predicted octanol–water partition coefficient (Wildman–Crippen LogP) is 3.17. The highest BCUT2D eigenvalue weighted by atomic mass is 35.5. The second kappa shape index (κ2) is 9.63. The van der Waals surface area contributed by atoms with Crippen LogP contribution in [0.15, 0.2) is 18.2 Å². The van der Waals surface area contributed by atoms with Crippen LogP contribution in [-0.4, -0.2) is 30.9 Å². The van der Waals surface area contributed by atoms with Crippen molar-refractivity contribution in [1.82, 2.24) is 5.32 Å². The molecule has 1 aromatic rings. The van der Waals surface area contributed by atoms with Crippen LogP contribution in [0.4, 0.5) is 5.69 Å². The third-order valence-corrected chi connectivity index (χ3v) is 4.33. The quantitative estimate of drug-likeness (QED) is 0.735. The minimum atomic E-state index is -0.663. The summed E-state index contributed by atoms with van der Waals surface area (Å²) in [6.07, 6.45) is 4.93. The van der Waals surface area contributed by atoms with Crippen molar-refractivity contribution in [2.75, 3.05) is 18.5 Å². The van der Waals surface area contributed by atoms with E-state index in [2.05, 4.69) is 10.6 Å². The molecule has 6 nitrogen and oxygen atoms in total. The van der Waals surface area contributed by atoms with E-state index in [1.54, 1.807) is 0 Å². The van der Waals surface area contributed by atoms with E-state index in [1.807, 2.05) is 0 Å². The van der Waals surface area contributed by atoms with E-state index in [1.165, 1.54) is 18.2 Å². The molecule has 0 spiro atoms. The van der Waals surface area contributed by atoms with E-state index in [0.717, 1.165) is 32.1 Å². The lowest BCUT2D eigenvalue weighted by Crippen LogP contribution is -2.36. The summed E-state index contributed by atoms with van der Waals surface area (Å²) < 4.78 is 4.84. The first-order valence-electron chi connectivity index (χ1n) is 8.13. The molecular formula is C17H20Cl2N2O4. The summed E-state index contributed by atoms with van der Waals surface area (Å²) in [4.78, 5) is 35.3. The largest absolute Gasteiger partial charge is 0.454 e. The molecule has 0 radical (unpaired) electrons. The average molecular weight is 387 g/mol. The van der Waals surface area contributed by atoms with Gasteiger partial charge in [-0.15, -0.1) is 0 Å². The number of rotatable bonds is 6. The number of hydrogen-bond donors (Lipinski definition) is 2. The zero-order valence-corrected chi connectivity index (χ0v) is 15.2. The molecule has 2 amide bonds. The molecule has 1 aliphatic rings. The summed E-state index contributed by atoms with van der Waals surface area (Å²) in [5.74, 6) is -1.35. The van der Waals surface area contributed by atoms with Crippen LogP contribution < -0.4 is 10.6 Å². The van der Waals surface area contributed by atoms with Crippen LogP contribution in [0.3, 0.4) is 0 Å². The molecule has 0 aliphatic heterocycles. The fraction of sp³-hybridized carbons (Fsp3) is 0.471. The number of anilines is 1. The molecular weight excluding hydrogens is 367 g/mol. The summed E-state index contributed by atoms with van der Waals surface area (Å²) in [6, 6.07) is 4.59. The molecule has 0 atom stereocenters.